The third kappa shape index (κ3) is 6.22. The summed E-state index contributed by atoms with van der Waals surface area (Å²) in [5, 5.41) is 0. The first-order valence-electron chi connectivity index (χ1n) is 12.6. The first kappa shape index (κ1) is 32.0. The predicted octanol–water partition coefficient (Wildman–Crippen LogP) is 3.77. The standard InChI is InChI=1S/C24H24BNO.C2F6NO4S2/c1-19-14-16-22(17-15-19)25-26-18-8-13-23(26)24(27-25,20-9-4-2-5-10-20)21-11-6-3-7-12-21;3-1(4,5)14(10,11)9-15(12,13)2(6,7)8/h2-7,9-12,14-17,23H,8,13,18H2,1H3;/q;-1/p+1/t23-;/m1./s1. The number of aryl methyl sites for hydroxylation is 1. The van der Waals surface area contributed by atoms with Gasteiger partial charge in [-0.25, -0.2) is 16.8 Å². The lowest BCUT2D eigenvalue weighted by Crippen LogP contribution is -3.19. The van der Waals surface area contributed by atoms with Gasteiger partial charge in [0.15, 0.2) is 25.6 Å². The SMILES string of the molecule is Cc1ccc(B2OC(c3ccccc3)(c3ccccc3)[C@H]3CCC[NH+]23)cc1.O=S(=O)([N-]S(=O)(=O)C(F)(F)F)C(F)(F)F. The Hall–Kier alpha value is -2.92. The molecule has 1 N–H and O–H groups in total. The van der Waals surface area contributed by atoms with Crippen molar-refractivity contribution in [2.75, 3.05) is 6.54 Å². The van der Waals surface area contributed by atoms with Gasteiger partial charge in [-0.3, -0.25) is 0 Å². The number of benzene rings is 3. The van der Waals surface area contributed by atoms with Crippen molar-refractivity contribution < 1.29 is 52.6 Å². The molecule has 0 bridgehead atoms. The fraction of sp³-hybridized carbons (Fsp3) is 0.308. The molecule has 2 saturated heterocycles. The maximum atomic E-state index is 11.4. The summed E-state index contributed by atoms with van der Waals surface area (Å²) in [6.45, 7) is 3.31. The van der Waals surface area contributed by atoms with Gasteiger partial charge in [-0.1, -0.05) is 90.5 Å². The average Bonchev–Trinajstić information content (AvgIpc) is 3.51. The van der Waals surface area contributed by atoms with Crippen molar-refractivity contribution in [1.29, 1.82) is 0 Å². The van der Waals surface area contributed by atoms with E-state index in [9.17, 15) is 43.2 Å². The number of fused-ring (bicyclic) bond motifs is 1. The number of nitrogens with one attached hydrogen (secondary N) is 1. The second-order valence-electron chi connectivity index (χ2n) is 9.81. The summed E-state index contributed by atoms with van der Waals surface area (Å²) in [5.74, 6) is 0. The Morgan fingerprint density at radius 2 is 1.24 bits per heavy atom. The van der Waals surface area contributed by atoms with Crippen LogP contribution in [0.2, 0.25) is 0 Å². The zero-order valence-electron chi connectivity index (χ0n) is 21.9. The molecule has 3 aromatic carbocycles. The molecule has 0 radical (unpaired) electrons. The van der Waals surface area contributed by atoms with Gasteiger partial charge in [-0.2, -0.15) is 26.3 Å². The van der Waals surface area contributed by atoms with Crippen LogP contribution in [-0.4, -0.2) is 47.5 Å². The Kier molecular flexibility index (Phi) is 8.87. The molecule has 2 heterocycles. The fourth-order valence-electron chi connectivity index (χ4n) is 5.31. The molecule has 2 aliphatic rings. The molecular formula is C26H25BF6N2O5S2. The summed E-state index contributed by atoms with van der Waals surface area (Å²) in [4.78, 5) is 1.58. The van der Waals surface area contributed by atoms with E-state index in [4.69, 9.17) is 4.65 Å². The van der Waals surface area contributed by atoms with E-state index in [2.05, 4.69) is 91.9 Å². The summed E-state index contributed by atoms with van der Waals surface area (Å²) in [6.07, 6.45) is 2.45. The summed E-state index contributed by atoms with van der Waals surface area (Å²) >= 11 is 0. The van der Waals surface area contributed by atoms with Crippen molar-refractivity contribution in [2.24, 2.45) is 0 Å². The van der Waals surface area contributed by atoms with Gasteiger partial charge in [-0.15, -0.1) is 0 Å². The summed E-state index contributed by atoms with van der Waals surface area (Å²) in [6, 6.07) is 31.0. The topological polar surface area (TPSA) is 96.1 Å². The van der Waals surface area contributed by atoms with Gasteiger partial charge in [0.05, 0.1) is 6.54 Å². The number of alkyl halides is 6. The summed E-state index contributed by atoms with van der Waals surface area (Å²) < 4.78 is 116. The Morgan fingerprint density at radius 3 is 1.67 bits per heavy atom. The molecule has 0 aliphatic carbocycles. The molecule has 16 heteroatoms. The largest absolute Gasteiger partial charge is 0.610 e. The number of nitrogens with zero attached hydrogens (tertiary/aromatic N) is 1. The highest BCUT2D eigenvalue weighted by Crippen LogP contribution is 2.42. The van der Waals surface area contributed by atoms with E-state index in [1.165, 1.54) is 41.5 Å². The number of sulfonamides is 2. The van der Waals surface area contributed by atoms with Crippen molar-refractivity contribution >= 4 is 32.6 Å². The molecule has 2 atom stereocenters. The van der Waals surface area contributed by atoms with Crippen LogP contribution in [0.3, 0.4) is 0 Å². The van der Waals surface area contributed by atoms with Crippen LogP contribution in [0, 0.1) is 6.92 Å². The number of hydrogen-bond donors (Lipinski definition) is 1. The monoisotopic (exact) mass is 634 g/mol. The van der Waals surface area contributed by atoms with Gasteiger partial charge in [0.2, 0.25) is 0 Å². The molecule has 3 aromatic rings. The molecule has 2 aliphatic heterocycles. The van der Waals surface area contributed by atoms with Gasteiger partial charge < -0.3 is 13.6 Å². The lowest BCUT2D eigenvalue weighted by molar-refractivity contribution is -0.799. The molecule has 2 fully saturated rings. The molecule has 0 saturated carbocycles. The van der Waals surface area contributed by atoms with Crippen LogP contribution >= 0.6 is 0 Å². The second-order valence-corrected chi connectivity index (χ2v) is 13.2. The van der Waals surface area contributed by atoms with Gasteiger partial charge in [0, 0.05) is 18.3 Å². The smallest absolute Gasteiger partial charge is 0.421 e. The second kappa shape index (κ2) is 11.6. The molecule has 1 unspecified atom stereocenters. The average molecular weight is 634 g/mol. The van der Waals surface area contributed by atoms with E-state index in [0.717, 1.165) is 4.13 Å². The van der Waals surface area contributed by atoms with E-state index < -0.39 is 31.1 Å². The molecule has 0 spiro atoms. The summed E-state index contributed by atoms with van der Waals surface area (Å²) in [7, 11) is -13.4. The minimum atomic E-state index is -6.72. The molecular weight excluding hydrogens is 609 g/mol. The predicted molar refractivity (Wildman–Crippen MR) is 143 cm³/mol. The van der Waals surface area contributed by atoms with Crippen LogP contribution in [-0.2, 0) is 30.3 Å². The number of halogens is 6. The normalized spacial score (nSPS) is 20.5. The zero-order valence-corrected chi connectivity index (χ0v) is 23.6. The van der Waals surface area contributed by atoms with E-state index in [1.807, 2.05) is 0 Å². The molecule has 42 heavy (non-hydrogen) atoms. The van der Waals surface area contributed by atoms with Crippen molar-refractivity contribution in [3.05, 3.63) is 106 Å². The summed E-state index contributed by atoms with van der Waals surface area (Å²) in [5.41, 5.74) is -7.66. The van der Waals surface area contributed by atoms with E-state index >= 15 is 0 Å². The van der Waals surface area contributed by atoms with Gasteiger partial charge in [0.1, 0.15) is 6.04 Å². The first-order chi connectivity index (χ1) is 19.5. The lowest BCUT2D eigenvalue weighted by atomic mass is 9.72. The van der Waals surface area contributed by atoms with Gasteiger partial charge >= 0.3 is 18.1 Å². The highest BCUT2D eigenvalue weighted by Gasteiger charge is 2.64. The quantitative estimate of drug-likeness (QED) is 0.341. The number of quaternary nitrogens is 1. The van der Waals surface area contributed by atoms with Gasteiger partial charge in [0.25, 0.3) is 0 Å². The van der Waals surface area contributed by atoms with E-state index in [0.29, 0.717) is 6.04 Å². The van der Waals surface area contributed by atoms with Crippen LogP contribution < -0.4 is 10.3 Å². The first-order valence-corrected chi connectivity index (χ1v) is 15.5. The minimum absolute atomic E-state index is 0.0820. The molecule has 7 nitrogen and oxygen atoms in total. The Balaban J connectivity index is 0.000000233. The molecule has 0 aromatic heterocycles. The minimum Gasteiger partial charge on any atom is -0.421 e. The fourth-order valence-corrected chi connectivity index (χ4v) is 7.02. The van der Waals surface area contributed by atoms with Gasteiger partial charge in [-0.05, 0) is 18.1 Å². The highest BCUT2D eigenvalue weighted by atomic mass is 32.3. The zero-order chi connectivity index (χ0) is 31.0. The van der Waals surface area contributed by atoms with E-state index in [-0.39, 0.29) is 12.7 Å². The number of hydrogen-bond acceptors (Lipinski definition) is 5. The third-order valence-corrected chi connectivity index (χ3v) is 9.84. The van der Waals surface area contributed by atoms with E-state index in [1.54, 1.807) is 4.81 Å². The van der Waals surface area contributed by atoms with Crippen LogP contribution in [0.4, 0.5) is 26.3 Å². The van der Waals surface area contributed by atoms with Crippen molar-refractivity contribution in [3.8, 4) is 0 Å². The molecule has 5 rings (SSSR count). The van der Waals surface area contributed by atoms with Crippen molar-refractivity contribution in [2.45, 2.75) is 42.4 Å². The van der Waals surface area contributed by atoms with Crippen LogP contribution in [0.1, 0.15) is 29.5 Å². The number of rotatable bonds is 5. The highest BCUT2D eigenvalue weighted by molar-refractivity contribution is 8.13. The Labute approximate surface area is 239 Å². The van der Waals surface area contributed by atoms with Crippen LogP contribution in [0.5, 0.6) is 0 Å². The van der Waals surface area contributed by atoms with Crippen LogP contribution in [0.25, 0.3) is 4.13 Å². The maximum Gasteiger partial charge on any atom is 0.610 e. The molecule has 226 valence electrons. The van der Waals surface area contributed by atoms with Crippen LogP contribution in [0.15, 0.2) is 84.9 Å². The Bertz CT molecular complexity index is 1510. The third-order valence-electron chi connectivity index (χ3n) is 7.10. The lowest BCUT2D eigenvalue weighted by Gasteiger charge is -2.33. The maximum absolute atomic E-state index is 11.4. The Morgan fingerprint density at radius 1 is 0.786 bits per heavy atom. The molecule has 0 amide bonds. The van der Waals surface area contributed by atoms with Crippen molar-refractivity contribution in [1.82, 2.24) is 0 Å². The van der Waals surface area contributed by atoms with Crippen molar-refractivity contribution in [3.63, 3.8) is 0 Å².